The minimum atomic E-state index is -1.17. The van der Waals surface area contributed by atoms with Crippen molar-refractivity contribution in [2.45, 2.75) is 19.4 Å². The molecule has 0 heterocycles. The molecule has 1 N–H and O–H groups in total. The fraction of sp³-hybridized carbons (Fsp3) is 0.714. The summed E-state index contributed by atoms with van der Waals surface area (Å²) in [7, 11) is 0. The first-order chi connectivity index (χ1) is 6.67. The van der Waals surface area contributed by atoms with Gasteiger partial charge in [-0.05, 0) is 12.0 Å². The standard InChI is InChI=1S/C7H12N4O3/c1-2-3-11(5-12)6(7(13)14)4-9-10-8/h5-6H,2-4H2,1H3,(H,13,14). The smallest absolute Gasteiger partial charge is 0.326 e. The van der Waals surface area contributed by atoms with E-state index in [0.717, 1.165) is 4.90 Å². The number of rotatable bonds is 7. The monoisotopic (exact) mass is 200 g/mol. The van der Waals surface area contributed by atoms with E-state index in [1.165, 1.54) is 0 Å². The first-order valence-electron chi connectivity index (χ1n) is 4.12. The number of aliphatic carboxylic acids is 1. The molecule has 7 heteroatoms. The number of hydrogen-bond acceptors (Lipinski definition) is 3. The largest absolute Gasteiger partial charge is 0.480 e. The van der Waals surface area contributed by atoms with Crippen molar-refractivity contribution in [3.05, 3.63) is 10.4 Å². The molecule has 0 aliphatic heterocycles. The van der Waals surface area contributed by atoms with Crippen LogP contribution < -0.4 is 0 Å². The Morgan fingerprint density at radius 1 is 1.79 bits per heavy atom. The summed E-state index contributed by atoms with van der Waals surface area (Å²) in [4.78, 5) is 24.8. The van der Waals surface area contributed by atoms with Crippen molar-refractivity contribution in [3.8, 4) is 0 Å². The highest BCUT2D eigenvalue weighted by Crippen LogP contribution is 2.00. The lowest BCUT2D eigenvalue weighted by Crippen LogP contribution is -2.42. The Hall–Kier alpha value is -1.75. The molecule has 1 unspecified atom stereocenters. The number of carbonyl (C=O) groups is 2. The quantitative estimate of drug-likeness (QED) is 0.281. The highest BCUT2D eigenvalue weighted by atomic mass is 16.4. The zero-order valence-corrected chi connectivity index (χ0v) is 7.83. The summed E-state index contributed by atoms with van der Waals surface area (Å²) < 4.78 is 0. The molecule has 78 valence electrons. The predicted molar refractivity (Wildman–Crippen MR) is 48.5 cm³/mol. The van der Waals surface area contributed by atoms with Gasteiger partial charge in [0.2, 0.25) is 6.41 Å². The number of carbonyl (C=O) groups excluding carboxylic acids is 1. The van der Waals surface area contributed by atoms with Crippen molar-refractivity contribution in [1.29, 1.82) is 0 Å². The first-order valence-corrected chi connectivity index (χ1v) is 4.12. The normalized spacial score (nSPS) is 11.2. The van der Waals surface area contributed by atoms with Crippen molar-refractivity contribution in [2.75, 3.05) is 13.1 Å². The lowest BCUT2D eigenvalue weighted by Gasteiger charge is -2.22. The van der Waals surface area contributed by atoms with Crippen molar-refractivity contribution < 1.29 is 14.7 Å². The van der Waals surface area contributed by atoms with Crippen LogP contribution in [0.3, 0.4) is 0 Å². The molecule has 0 aliphatic rings. The van der Waals surface area contributed by atoms with Gasteiger partial charge in [0.15, 0.2) is 0 Å². The van der Waals surface area contributed by atoms with Crippen molar-refractivity contribution >= 4 is 12.4 Å². The Balaban J connectivity index is 4.49. The average Bonchev–Trinajstić information content (AvgIpc) is 2.16. The van der Waals surface area contributed by atoms with Crippen molar-refractivity contribution in [3.63, 3.8) is 0 Å². The maximum absolute atomic E-state index is 10.7. The highest BCUT2D eigenvalue weighted by molar-refractivity contribution is 5.76. The third-order valence-electron chi connectivity index (χ3n) is 1.62. The topological polar surface area (TPSA) is 106 Å². The summed E-state index contributed by atoms with van der Waals surface area (Å²) in [5, 5.41) is 11.9. The van der Waals surface area contributed by atoms with Gasteiger partial charge in [0.05, 0.1) is 6.54 Å². The minimum absolute atomic E-state index is 0.245. The fourth-order valence-corrected chi connectivity index (χ4v) is 0.979. The third kappa shape index (κ3) is 3.77. The van der Waals surface area contributed by atoms with Gasteiger partial charge >= 0.3 is 5.97 Å². The Bertz CT molecular complexity index is 249. The van der Waals surface area contributed by atoms with Gasteiger partial charge in [-0.3, -0.25) is 4.79 Å². The Morgan fingerprint density at radius 3 is 2.79 bits per heavy atom. The van der Waals surface area contributed by atoms with Crippen LogP contribution in [0.2, 0.25) is 0 Å². The summed E-state index contributed by atoms with van der Waals surface area (Å²) in [5.74, 6) is -1.17. The molecule has 0 aromatic carbocycles. The molecule has 0 spiro atoms. The van der Waals surface area contributed by atoms with Crippen LogP contribution in [0.1, 0.15) is 13.3 Å². The SMILES string of the molecule is CCCN(C=O)C(CN=[N+]=[N-])C(=O)O. The third-order valence-corrected chi connectivity index (χ3v) is 1.62. The van der Waals surface area contributed by atoms with Crippen molar-refractivity contribution in [2.24, 2.45) is 5.11 Å². The fourth-order valence-electron chi connectivity index (χ4n) is 0.979. The van der Waals surface area contributed by atoms with Gasteiger partial charge in [-0.15, -0.1) is 0 Å². The first kappa shape index (κ1) is 12.2. The second kappa shape index (κ2) is 6.73. The van der Waals surface area contributed by atoms with E-state index in [2.05, 4.69) is 10.0 Å². The van der Waals surface area contributed by atoms with E-state index >= 15 is 0 Å². The number of nitrogens with zero attached hydrogens (tertiary/aromatic N) is 4. The molecule has 0 aromatic heterocycles. The molecule has 0 saturated heterocycles. The molecule has 0 fully saturated rings. The second-order valence-corrected chi connectivity index (χ2v) is 2.61. The van der Waals surface area contributed by atoms with Crippen LogP contribution in [0.4, 0.5) is 0 Å². The second-order valence-electron chi connectivity index (χ2n) is 2.61. The maximum Gasteiger partial charge on any atom is 0.326 e. The zero-order valence-electron chi connectivity index (χ0n) is 7.83. The van der Waals surface area contributed by atoms with E-state index in [-0.39, 0.29) is 6.54 Å². The minimum Gasteiger partial charge on any atom is -0.480 e. The predicted octanol–water partition coefficient (Wildman–Crippen LogP) is 0.618. The van der Waals surface area contributed by atoms with Gasteiger partial charge in [-0.2, -0.15) is 0 Å². The van der Waals surface area contributed by atoms with E-state index in [4.69, 9.17) is 10.6 Å². The molecule has 0 radical (unpaired) electrons. The number of hydrogen-bond donors (Lipinski definition) is 1. The molecule has 0 aliphatic carbocycles. The molecule has 1 amide bonds. The summed E-state index contributed by atoms with van der Waals surface area (Å²) in [6.45, 7) is 1.91. The number of amides is 1. The van der Waals surface area contributed by atoms with Crippen LogP contribution in [-0.4, -0.2) is 41.5 Å². The van der Waals surface area contributed by atoms with E-state index < -0.39 is 12.0 Å². The van der Waals surface area contributed by atoms with Crippen LogP contribution in [0.25, 0.3) is 10.4 Å². The van der Waals surface area contributed by atoms with E-state index in [1.54, 1.807) is 0 Å². The summed E-state index contributed by atoms with van der Waals surface area (Å²) in [6.07, 6.45) is 1.11. The molecule has 14 heavy (non-hydrogen) atoms. The van der Waals surface area contributed by atoms with Crippen LogP contribution in [0.15, 0.2) is 5.11 Å². The van der Waals surface area contributed by atoms with Gasteiger partial charge < -0.3 is 10.0 Å². The summed E-state index contributed by atoms with van der Waals surface area (Å²) in [6, 6.07) is -1.07. The molecule has 0 aromatic rings. The van der Waals surface area contributed by atoms with E-state index in [9.17, 15) is 9.59 Å². The van der Waals surface area contributed by atoms with Gasteiger partial charge in [0.1, 0.15) is 6.04 Å². The summed E-state index contributed by atoms with van der Waals surface area (Å²) >= 11 is 0. The summed E-state index contributed by atoms with van der Waals surface area (Å²) in [5.41, 5.74) is 8.04. The zero-order chi connectivity index (χ0) is 11.0. The van der Waals surface area contributed by atoms with Gasteiger partial charge in [0.25, 0.3) is 0 Å². The van der Waals surface area contributed by atoms with E-state index in [0.29, 0.717) is 19.4 Å². The number of carboxylic acid groups (broad SMARTS) is 1. The van der Waals surface area contributed by atoms with E-state index in [1.807, 2.05) is 6.92 Å². The molecular weight excluding hydrogens is 188 g/mol. The van der Waals surface area contributed by atoms with Gasteiger partial charge in [-0.25, -0.2) is 4.79 Å². The van der Waals surface area contributed by atoms with Crippen LogP contribution in [0, 0.1) is 0 Å². The molecule has 1 atom stereocenters. The Morgan fingerprint density at radius 2 is 2.43 bits per heavy atom. The highest BCUT2D eigenvalue weighted by Gasteiger charge is 2.22. The Kier molecular flexibility index (Phi) is 5.89. The molecule has 0 rings (SSSR count). The Labute approximate surface area is 80.9 Å². The van der Waals surface area contributed by atoms with Crippen molar-refractivity contribution in [1.82, 2.24) is 4.90 Å². The average molecular weight is 200 g/mol. The number of carboxylic acids is 1. The van der Waals surface area contributed by atoms with Gasteiger partial charge in [-0.1, -0.05) is 12.0 Å². The molecule has 0 saturated carbocycles. The molecule has 7 nitrogen and oxygen atoms in total. The van der Waals surface area contributed by atoms with Crippen LogP contribution in [-0.2, 0) is 9.59 Å². The maximum atomic E-state index is 10.7. The van der Waals surface area contributed by atoms with Crippen LogP contribution in [0.5, 0.6) is 0 Å². The molecular formula is C7H12N4O3. The molecule has 0 bridgehead atoms. The lowest BCUT2D eigenvalue weighted by molar-refractivity contribution is -0.145. The number of azide groups is 1. The van der Waals surface area contributed by atoms with Gasteiger partial charge in [0, 0.05) is 11.5 Å². The lowest BCUT2D eigenvalue weighted by atomic mass is 10.2. The van der Waals surface area contributed by atoms with Crippen LogP contribution >= 0.6 is 0 Å².